The standard InChI is InChI=1S/C13H15Cl2NO/c14-11-2-1-8(4-12(11)15)13-5-10(17)3-9(13)6-16-7-13/h1-2,4,9-10,16-17H,3,5-7H2/t9-,10-,13+/m1/s1. The molecule has 0 spiro atoms. The van der Waals surface area contributed by atoms with E-state index < -0.39 is 0 Å². The van der Waals surface area contributed by atoms with Crippen LogP contribution in [0.4, 0.5) is 0 Å². The first-order chi connectivity index (χ1) is 8.12. The van der Waals surface area contributed by atoms with Gasteiger partial charge in [0.15, 0.2) is 0 Å². The first-order valence-corrected chi connectivity index (χ1v) is 6.72. The van der Waals surface area contributed by atoms with E-state index in [2.05, 4.69) is 5.32 Å². The van der Waals surface area contributed by atoms with E-state index >= 15 is 0 Å². The van der Waals surface area contributed by atoms with Crippen LogP contribution in [0.1, 0.15) is 18.4 Å². The molecular formula is C13H15Cl2NO. The minimum atomic E-state index is -0.184. The van der Waals surface area contributed by atoms with Crippen molar-refractivity contribution in [1.82, 2.24) is 5.32 Å². The number of aliphatic hydroxyl groups is 1. The number of benzene rings is 1. The molecular weight excluding hydrogens is 257 g/mol. The van der Waals surface area contributed by atoms with Crippen LogP contribution in [-0.4, -0.2) is 24.3 Å². The summed E-state index contributed by atoms with van der Waals surface area (Å²) in [7, 11) is 0. The van der Waals surface area contributed by atoms with Crippen molar-refractivity contribution in [3.63, 3.8) is 0 Å². The van der Waals surface area contributed by atoms with E-state index in [1.165, 1.54) is 5.56 Å². The number of hydrogen-bond acceptors (Lipinski definition) is 2. The monoisotopic (exact) mass is 271 g/mol. The maximum atomic E-state index is 9.90. The lowest BCUT2D eigenvalue weighted by atomic mass is 9.74. The number of rotatable bonds is 1. The number of nitrogens with one attached hydrogen (secondary N) is 1. The van der Waals surface area contributed by atoms with Gasteiger partial charge < -0.3 is 10.4 Å². The van der Waals surface area contributed by atoms with Crippen LogP contribution in [-0.2, 0) is 5.41 Å². The molecule has 0 radical (unpaired) electrons. The smallest absolute Gasteiger partial charge is 0.0595 e. The molecule has 0 bridgehead atoms. The molecule has 1 saturated heterocycles. The van der Waals surface area contributed by atoms with Gasteiger partial charge in [0.05, 0.1) is 16.1 Å². The van der Waals surface area contributed by atoms with Crippen LogP contribution >= 0.6 is 23.2 Å². The molecule has 1 saturated carbocycles. The van der Waals surface area contributed by atoms with Gasteiger partial charge in [-0.3, -0.25) is 0 Å². The highest BCUT2D eigenvalue weighted by atomic mass is 35.5. The third kappa shape index (κ3) is 1.78. The van der Waals surface area contributed by atoms with Crippen molar-refractivity contribution >= 4 is 23.2 Å². The fourth-order valence-electron chi connectivity index (χ4n) is 3.45. The van der Waals surface area contributed by atoms with Crippen molar-refractivity contribution in [3.05, 3.63) is 33.8 Å². The van der Waals surface area contributed by atoms with E-state index in [0.29, 0.717) is 16.0 Å². The van der Waals surface area contributed by atoms with Gasteiger partial charge in [0.1, 0.15) is 0 Å². The highest BCUT2D eigenvalue weighted by Crippen LogP contribution is 2.48. The molecule has 1 aromatic carbocycles. The van der Waals surface area contributed by atoms with E-state index in [9.17, 15) is 5.11 Å². The van der Waals surface area contributed by atoms with Gasteiger partial charge in [-0.05, 0) is 43.0 Å². The number of fused-ring (bicyclic) bond motifs is 1. The number of halogens is 2. The molecule has 3 rings (SSSR count). The summed E-state index contributed by atoms with van der Waals surface area (Å²) >= 11 is 12.1. The number of aliphatic hydroxyl groups excluding tert-OH is 1. The zero-order valence-electron chi connectivity index (χ0n) is 9.42. The molecule has 1 aliphatic heterocycles. The van der Waals surface area contributed by atoms with Crippen molar-refractivity contribution in [3.8, 4) is 0 Å². The first-order valence-electron chi connectivity index (χ1n) is 5.96. The average Bonchev–Trinajstić information content (AvgIpc) is 2.78. The fourth-order valence-corrected chi connectivity index (χ4v) is 3.75. The lowest BCUT2D eigenvalue weighted by molar-refractivity contribution is 0.170. The zero-order chi connectivity index (χ0) is 12.0. The summed E-state index contributed by atoms with van der Waals surface area (Å²) in [4.78, 5) is 0. The second kappa shape index (κ2) is 4.13. The first kappa shape index (κ1) is 11.8. The summed E-state index contributed by atoms with van der Waals surface area (Å²) in [6.45, 7) is 1.91. The highest BCUT2D eigenvalue weighted by Gasteiger charge is 2.50. The van der Waals surface area contributed by atoms with Crippen molar-refractivity contribution < 1.29 is 5.11 Å². The highest BCUT2D eigenvalue weighted by molar-refractivity contribution is 6.42. The van der Waals surface area contributed by atoms with Crippen molar-refractivity contribution in [2.24, 2.45) is 5.92 Å². The third-order valence-corrected chi connectivity index (χ3v) is 5.00. The summed E-state index contributed by atoms with van der Waals surface area (Å²) in [5.41, 5.74) is 1.26. The van der Waals surface area contributed by atoms with Crippen LogP contribution in [0.15, 0.2) is 18.2 Å². The molecule has 4 heteroatoms. The maximum Gasteiger partial charge on any atom is 0.0595 e. The molecule has 1 aromatic rings. The molecule has 1 aliphatic carbocycles. The molecule has 0 unspecified atom stereocenters. The predicted octanol–water partition coefficient (Wildman–Crippen LogP) is 2.61. The Balaban J connectivity index is 2.04. The molecule has 2 N–H and O–H groups in total. The Labute approximate surface area is 111 Å². The van der Waals surface area contributed by atoms with Gasteiger partial charge in [-0.15, -0.1) is 0 Å². The van der Waals surface area contributed by atoms with Crippen LogP contribution in [0.3, 0.4) is 0 Å². The molecule has 2 nitrogen and oxygen atoms in total. The van der Waals surface area contributed by atoms with Gasteiger partial charge in [0.25, 0.3) is 0 Å². The summed E-state index contributed by atoms with van der Waals surface area (Å²) in [5, 5.41) is 14.5. The summed E-state index contributed by atoms with van der Waals surface area (Å²) in [5.74, 6) is 0.509. The van der Waals surface area contributed by atoms with Crippen LogP contribution in [0.25, 0.3) is 0 Å². The molecule has 3 atom stereocenters. The van der Waals surface area contributed by atoms with E-state index in [4.69, 9.17) is 23.2 Å². The van der Waals surface area contributed by atoms with Gasteiger partial charge in [0.2, 0.25) is 0 Å². The second-order valence-electron chi connectivity index (χ2n) is 5.21. The van der Waals surface area contributed by atoms with Crippen LogP contribution < -0.4 is 5.32 Å². The van der Waals surface area contributed by atoms with Crippen LogP contribution in [0.5, 0.6) is 0 Å². The summed E-state index contributed by atoms with van der Waals surface area (Å²) in [6.07, 6.45) is 1.52. The van der Waals surface area contributed by atoms with Gasteiger partial charge in [-0.25, -0.2) is 0 Å². The minimum Gasteiger partial charge on any atom is -0.393 e. The number of hydrogen-bond donors (Lipinski definition) is 2. The topological polar surface area (TPSA) is 32.3 Å². The van der Waals surface area contributed by atoms with Gasteiger partial charge in [-0.2, -0.15) is 0 Å². The summed E-state index contributed by atoms with van der Waals surface area (Å²) < 4.78 is 0. The van der Waals surface area contributed by atoms with E-state index in [0.717, 1.165) is 25.9 Å². The molecule has 0 amide bonds. The van der Waals surface area contributed by atoms with Gasteiger partial charge >= 0.3 is 0 Å². The van der Waals surface area contributed by atoms with Crippen molar-refractivity contribution in [1.29, 1.82) is 0 Å². The lowest BCUT2D eigenvalue weighted by Gasteiger charge is -2.29. The average molecular weight is 272 g/mol. The van der Waals surface area contributed by atoms with Gasteiger partial charge in [0, 0.05) is 12.0 Å². The Kier molecular flexibility index (Phi) is 2.86. The lowest BCUT2D eigenvalue weighted by Crippen LogP contribution is -2.31. The van der Waals surface area contributed by atoms with Gasteiger partial charge in [-0.1, -0.05) is 29.3 Å². The Morgan fingerprint density at radius 2 is 2.12 bits per heavy atom. The van der Waals surface area contributed by atoms with Crippen molar-refractivity contribution in [2.75, 3.05) is 13.1 Å². The van der Waals surface area contributed by atoms with Crippen LogP contribution in [0, 0.1) is 5.92 Å². The second-order valence-corrected chi connectivity index (χ2v) is 6.02. The molecule has 1 heterocycles. The van der Waals surface area contributed by atoms with Crippen LogP contribution in [0.2, 0.25) is 10.0 Å². The third-order valence-electron chi connectivity index (χ3n) is 4.26. The largest absolute Gasteiger partial charge is 0.393 e. The fraction of sp³-hybridized carbons (Fsp3) is 0.538. The molecule has 17 heavy (non-hydrogen) atoms. The zero-order valence-corrected chi connectivity index (χ0v) is 10.9. The molecule has 2 aliphatic rings. The van der Waals surface area contributed by atoms with E-state index in [-0.39, 0.29) is 11.5 Å². The quantitative estimate of drug-likeness (QED) is 0.823. The van der Waals surface area contributed by atoms with E-state index in [1.54, 1.807) is 0 Å². The van der Waals surface area contributed by atoms with E-state index in [1.807, 2.05) is 18.2 Å². The Morgan fingerprint density at radius 1 is 1.29 bits per heavy atom. The molecule has 0 aromatic heterocycles. The maximum absolute atomic E-state index is 9.90. The molecule has 2 fully saturated rings. The Hall–Kier alpha value is -0.280. The Bertz CT molecular complexity index is 451. The minimum absolute atomic E-state index is 0.0493. The SMILES string of the molecule is O[C@@H]1C[C@@H]2CNC[C@]2(c2ccc(Cl)c(Cl)c2)C1. The predicted molar refractivity (Wildman–Crippen MR) is 69.7 cm³/mol. The summed E-state index contributed by atoms with van der Waals surface area (Å²) in [6, 6.07) is 5.86. The Morgan fingerprint density at radius 3 is 2.88 bits per heavy atom. The molecule has 92 valence electrons. The normalized spacial score (nSPS) is 36.2. The van der Waals surface area contributed by atoms with Crippen molar-refractivity contribution in [2.45, 2.75) is 24.4 Å².